The monoisotopic (exact) mass is 357 g/mol. The van der Waals surface area contributed by atoms with Crippen LogP contribution in [-0.2, 0) is 11.7 Å². The molecule has 2 nitrogen and oxygen atoms in total. The Labute approximate surface area is 154 Å². The number of rotatable bonds is 8. The number of nitrogens with one attached hydrogen (secondary N) is 1. The second kappa shape index (κ2) is 8.83. The molecule has 2 aromatic rings. The number of phenolic OH excluding ortho intramolecular Hbond substituents is 1. The summed E-state index contributed by atoms with van der Waals surface area (Å²) in [6.45, 7) is 9.72. The van der Waals surface area contributed by atoms with Crippen LogP contribution in [0, 0.1) is 13.8 Å². The Balaban J connectivity index is 2.58. The summed E-state index contributed by atoms with van der Waals surface area (Å²) in [7, 11) is 2.65. The van der Waals surface area contributed by atoms with Gasteiger partial charge in [0.1, 0.15) is 5.75 Å². The average Bonchev–Trinajstić information content (AvgIpc) is 2.59. The molecule has 0 amide bonds. The van der Waals surface area contributed by atoms with E-state index in [9.17, 15) is 5.11 Å². The summed E-state index contributed by atoms with van der Waals surface area (Å²) in [5, 5.41) is 15.4. The van der Waals surface area contributed by atoms with Crippen LogP contribution in [0.1, 0.15) is 55.4 Å². The molecular weight excluding hydrogens is 325 g/mol. The number of hydrogen-bond donors (Lipinski definition) is 2. The Morgan fingerprint density at radius 1 is 1.12 bits per heavy atom. The first-order valence-electron chi connectivity index (χ1n) is 9.28. The normalized spacial score (nSPS) is 14.1. The molecule has 2 rings (SSSR count). The van der Waals surface area contributed by atoms with E-state index in [2.05, 4.69) is 57.3 Å². The smallest absolute Gasteiger partial charge is 0.119 e. The lowest BCUT2D eigenvalue weighted by atomic mass is 9.89. The summed E-state index contributed by atoms with van der Waals surface area (Å²) < 4.78 is 0. The minimum atomic E-state index is -0.000538. The number of hydrogen-bond acceptors (Lipinski definition) is 2. The fourth-order valence-electron chi connectivity index (χ4n) is 3.66. The van der Waals surface area contributed by atoms with Crippen LogP contribution >= 0.6 is 8.58 Å². The van der Waals surface area contributed by atoms with Crippen LogP contribution in [0.25, 0.3) is 0 Å². The molecule has 2 aromatic carbocycles. The van der Waals surface area contributed by atoms with E-state index < -0.39 is 0 Å². The van der Waals surface area contributed by atoms with Gasteiger partial charge in [0, 0.05) is 17.3 Å². The maximum absolute atomic E-state index is 10.6. The summed E-state index contributed by atoms with van der Waals surface area (Å²) in [5.41, 5.74) is 5.06. The van der Waals surface area contributed by atoms with Gasteiger partial charge in [-0.25, -0.2) is 0 Å². The van der Waals surface area contributed by atoms with Crippen LogP contribution in [0.15, 0.2) is 36.4 Å². The zero-order valence-corrected chi connectivity index (χ0v) is 17.2. The SMILES string of the molecule is CCCC(CC)(Pc1c(C)cccc1CNC)c1cc(C)ccc1O. The molecule has 0 aliphatic rings. The molecule has 0 heterocycles. The molecule has 0 saturated heterocycles. The van der Waals surface area contributed by atoms with E-state index in [1.165, 1.54) is 22.0 Å². The van der Waals surface area contributed by atoms with Gasteiger partial charge < -0.3 is 10.4 Å². The summed E-state index contributed by atoms with van der Waals surface area (Å²) in [4.78, 5) is 0. The molecule has 3 heteroatoms. The van der Waals surface area contributed by atoms with Crippen LogP contribution in [-0.4, -0.2) is 12.2 Å². The van der Waals surface area contributed by atoms with Crippen LogP contribution in [0.3, 0.4) is 0 Å². The topological polar surface area (TPSA) is 32.3 Å². The Morgan fingerprint density at radius 3 is 2.52 bits per heavy atom. The van der Waals surface area contributed by atoms with E-state index in [1.807, 2.05) is 19.2 Å². The predicted octanol–water partition coefficient (Wildman–Crippen LogP) is 5.14. The van der Waals surface area contributed by atoms with E-state index in [-0.39, 0.29) is 5.16 Å². The van der Waals surface area contributed by atoms with Crippen molar-refractivity contribution in [2.24, 2.45) is 0 Å². The molecule has 0 saturated carbocycles. The minimum absolute atomic E-state index is 0.000538. The van der Waals surface area contributed by atoms with E-state index in [1.54, 1.807) is 0 Å². The van der Waals surface area contributed by atoms with Crippen molar-refractivity contribution in [2.75, 3.05) is 7.05 Å². The van der Waals surface area contributed by atoms with E-state index in [0.29, 0.717) is 14.3 Å². The first-order valence-corrected chi connectivity index (χ1v) is 10.3. The quantitative estimate of drug-likeness (QED) is 0.641. The zero-order valence-electron chi connectivity index (χ0n) is 16.2. The fourth-order valence-corrected chi connectivity index (χ4v) is 5.64. The first kappa shape index (κ1) is 19.9. The molecule has 0 radical (unpaired) electrons. The number of phenols is 1. The molecule has 2 unspecified atom stereocenters. The third-order valence-electron chi connectivity index (χ3n) is 5.04. The van der Waals surface area contributed by atoms with Crippen molar-refractivity contribution >= 4 is 13.9 Å². The third-order valence-corrected chi connectivity index (χ3v) is 7.36. The molecule has 0 spiro atoms. The molecular formula is C22H32NOP. The van der Waals surface area contributed by atoms with Crippen molar-refractivity contribution in [1.82, 2.24) is 5.32 Å². The predicted molar refractivity (Wildman–Crippen MR) is 112 cm³/mol. The van der Waals surface area contributed by atoms with E-state index in [4.69, 9.17) is 0 Å². The maximum Gasteiger partial charge on any atom is 0.119 e. The molecule has 0 bridgehead atoms. The second-order valence-corrected chi connectivity index (χ2v) is 8.68. The molecule has 0 aliphatic carbocycles. The lowest BCUT2D eigenvalue weighted by molar-refractivity contribution is 0.442. The van der Waals surface area contributed by atoms with E-state index in [0.717, 1.165) is 31.4 Å². The van der Waals surface area contributed by atoms with Crippen molar-refractivity contribution < 1.29 is 5.11 Å². The van der Waals surface area contributed by atoms with Crippen molar-refractivity contribution in [3.8, 4) is 5.75 Å². The Hall–Kier alpha value is -1.37. The van der Waals surface area contributed by atoms with Gasteiger partial charge in [-0.05, 0) is 56.2 Å². The van der Waals surface area contributed by atoms with Crippen molar-refractivity contribution in [2.45, 2.75) is 58.7 Å². The van der Waals surface area contributed by atoms with Crippen LogP contribution < -0.4 is 10.6 Å². The molecule has 2 N–H and O–H groups in total. The lowest BCUT2D eigenvalue weighted by Gasteiger charge is -2.35. The number of benzene rings is 2. The highest BCUT2D eigenvalue weighted by atomic mass is 31.1. The minimum Gasteiger partial charge on any atom is -0.508 e. The van der Waals surface area contributed by atoms with Gasteiger partial charge in [-0.2, -0.15) is 0 Å². The third kappa shape index (κ3) is 4.43. The molecule has 0 fully saturated rings. The summed E-state index contributed by atoms with van der Waals surface area (Å²) in [6, 6.07) is 12.6. The summed E-state index contributed by atoms with van der Waals surface area (Å²) in [6.07, 6.45) is 3.23. The van der Waals surface area contributed by atoms with Gasteiger partial charge in [-0.1, -0.05) is 64.7 Å². The molecule has 136 valence electrons. The first-order chi connectivity index (χ1) is 12.0. The van der Waals surface area contributed by atoms with Gasteiger partial charge in [0.05, 0.1) is 0 Å². The van der Waals surface area contributed by atoms with Gasteiger partial charge in [0.25, 0.3) is 0 Å². The van der Waals surface area contributed by atoms with Gasteiger partial charge in [0.15, 0.2) is 0 Å². The summed E-state index contributed by atoms with van der Waals surface area (Å²) in [5.74, 6) is 0.442. The second-order valence-electron chi connectivity index (χ2n) is 6.97. The highest BCUT2D eigenvalue weighted by Crippen LogP contribution is 2.51. The zero-order chi connectivity index (χ0) is 18.4. The van der Waals surface area contributed by atoms with Crippen molar-refractivity contribution in [3.05, 3.63) is 58.7 Å². The van der Waals surface area contributed by atoms with Gasteiger partial charge in [0.2, 0.25) is 0 Å². The Kier molecular flexibility index (Phi) is 7.04. The van der Waals surface area contributed by atoms with Gasteiger partial charge in [-0.15, -0.1) is 0 Å². The molecule has 2 atom stereocenters. The highest BCUT2D eigenvalue weighted by molar-refractivity contribution is 7.48. The standard InChI is InChI=1S/C22H32NOP/c1-6-13-22(7-2,19-14-16(3)11-12-20(19)24)25-21-17(4)9-8-10-18(21)15-23-5/h8-12,14,23-25H,6-7,13,15H2,1-5H3. The fraction of sp³-hybridized carbons (Fsp3) is 0.455. The van der Waals surface area contributed by atoms with Gasteiger partial charge >= 0.3 is 0 Å². The van der Waals surface area contributed by atoms with Crippen molar-refractivity contribution in [3.63, 3.8) is 0 Å². The van der Waals surface area contributed by atoms with Gasteiger partial charge in [-0.3, -0.25) is 0 Å². The molecule has 0 aliphatic heterocycles. The Bertz CT molecular complexity index is 713. The number of aromatic hydroxyl groups is 1. The lowest BCUT2D eigenvalue weighted by Crippen LogP contribution is -2.26. The van der Waals surface area contributed by atoms with Crippen LogP contribution in [0.2, 0.25) is 0 Å². The van der Waals surface area contributed by atoms with Crippen LogP contribution in [0.5, 0.6) is 5.75 Å². The number of aryl methyl sites for hydroxylation is 2. The average molecular weight is 357 g/mol. The highest BCUT2D eigenvalue weighted by Gasteiger charge is 2.33. The van der Waals surface area contributed by atoms with Crippen LogP contribution in [0.4, 0.5) is 0 Å². The maximum atomic E-state index is 10.6. The Morgan fingerprint density at radius 2 is 1.88 bits per heavy atom. The molecule has 25 heavy (non-hydrogen) atoms. The largest absolute Gasteiger partial charge is 0.508 e. The van der Waals surface area contributed by atoms with Crippen molar-refractivity contribution in [1.29, 1.82) is 0 Å². The molecule has 0 aromatic heterocycles. The van der Waals surface area contributed by atoms with E-state index >= 15 is 0 Å². The summed E-state index contributed by atoms with van der Waals surface area (Å²) >= 11 is 0.